The number of benzene rings is 2. The number of nitrogens with two attached hydrogens (primary N) is 1. The zero-order valence-electron chi connectivity index (χ0n) is 23.4. The number of carbonyl (C=O) groups is 3. The Kier molecular flexibility index (Phi) is 9.39. The van der Waals surface area contributed by atoms with Gasteiger partial charge in [-0.05, 0) is 22.6 Å². The van der Waals surface area contributed by atoms with E-state index in [0.29, 0.717) is 16.4 Å². The van der Waals surface area contributed by atoms with Crippen molar-refractivity contribution in [3.05, 3.63) is 110 Å². The van der Waals surface area contributed by atoms with Crippen molar-refractivity contribution in [1.82, 2.24) is 30.6 Å². The van der Waals surface area contributed by atoms with Crippen LogP contribution in [0.3, 0.4) is 0 Å². The van der Waals surface area contributed by atoms with Gasteiger partial charge in [0.25, 0.3) is 11.8 Å². The number of rotatable bonds is 10. The summed E-state index contributed by atoms with van der Waals surface area (Å²) in [7, 11) is 0. The lowest BCUT2D eigenvalue weighted by atomic mass is 10.0. The van der Waals surface area contributed by atoms with Crippen LogP contribution >= 0.6 is 46.5 Å². The number of thioether (sulfide) groups is 2. The Hall–Kier alpha value is -4.64. The van der Waals surface area contributed by atoms with Gasteiger partial charge in [0.15, 0.2) is 16.9 Å². The molecule has 0 radical (unpaired) electrons. The van der Waals surface area contributed by atoms with E-state index in [2.05, 4.69) is 30.9 Å². The number of β-lactam (4-membered cyclic amide) rings is 1. The molecule has 6 rings (SSSR count). The first kappa shape index (κ1) is 31.3. The van der Waals surface area contributed by atoms with Crippen LogP contribution in [0.1, 0.15) is 28.6 Å². The normalized spacial score (nSPS) is 18.1. The number of halogens is 1. The van der Waals surface area contributed by atoms with Crippen LogP contribution in [0.2, 0.25) is 4.34 Å². The van der Waals surface area contributed by atoms with Crippen LogP contribution in [0.25, 0.3) is 6.08 Å². The molecule has 0 unspecified atom stereocenters. The number of amides is 2. The van der Waals surface area contributed by atoms with Gasteiger partial charge in [-0.3, -0.25) is 14.5 Å². The summed E-state index contributed by atoms with van der Waals surface area (Å²) in [6.45, 7) is 0. The molecule has 2 atom stereocenters. The van der Waals surface area contributed by atoms with E-state index in [4.69, 9.17) is 22.1 Å². The summed E-state index contributed by atoms with van der Waals surface area (Å²) in [5.74, 6) is -1.81. The van der Waals surface area contributed by atoms with E-state index in [9.17, 15) is 19.6 Å². The van der Waals surface area contributed by atoms with Gasteiger partial charge in [-0.25, -0.2) is 9.78 Å². The number of hydrogen-bond acceptors (Lipinski definition) is 13. The second kappa shape index (κ2) is 13.8. The molecule has 2 aliphatic heterocycles. The highest BCUT2D eigenvalue weighted by Crippen LogP contribution is 2.45. The minimum Gasteiger partial charge on any atom is -0.448 e. The van der Waals surface area contributed by atoms with Crippen molar-refractivity contribution in [3.63, 3.8) is 0 Å². The molecule has 17 heteroatoms. The van der Waals surface area contributed by atoms with E-state index in [0.717, 1.165) is 22.5 Å². The molecule has 4 aromatic rings. The van der Waals surface area contributed by atoms with Crippen molar-refractivity contribution in [3.8, 4) is 0 Å². The number of fused-ring (bicyclic) bond motifs is 1. The number of H-pyrrole nitrogens is 1. The molecule has 0 spiro atoms. The van der Waals surface area contributed by atoms with E-state index >= 15 is 0 Å². The summed E-state index contributed by atoms with van der Waals surface area (Å²) < 4.78 is 6.20. The third-order valence-electron chi connectivity index (χ3n) is 6.87. The highest BCUT2D eigenvalue weighted by molar-refractivity contribution is 8.08. The SMILES string of the molecule is Nc1nc(/C(=N/O)C(=O)N[C@@H]2C(=O)N3C(C(=O)OC(c4ccccc4)c4ccccc4)=C(S/C=C/c4cn[nH]n4)CS[C@H]23)c(Cl)s1. The zero-order valence-corrected chi connectivity index (χ0v) is 26.6. The van der Waals surface area contributed by atoms with Gasteiger partial charge < -0.3 is 21.0 Å². The fourth-order valence-electron chi connectivity index (χ4n) is 4.77. The number of carbonyl (C=O) groups excluding carboxylic acids is 3. The Bertz CT molecular complexity index is 1810. The van der Waals surface area contributed by atoms with Crippen molar-refractivity contribution in [2.75, 3.05) is 11.5 Å². The second-order valence-corrected chi connectivity index (χ2v) is 13.4. The second-order valence-electron chi connectivity index (χ2n) is 9.68. The maximum atomic E-state index is 14.1. The van der Waals surface area contributed by atoms with E-state index in [-0.39, 0.29) is 20.9 Å². The van der Waals surface area contributed by atoms with Crippen LogP contribution in [0, 0.1) is 0 Å². The summed E-state index contributed by atoms with van der Waals surface area (Å²) in [6.07, 6.45) is 2.50. The lowest BCUT2D eigenvalue weighted by Crippen LogP contribution is -2.71. The number of esters is 1. The number of nitrogen functional groups attached to an aromatic ring is 1. The molecule has 2 amide bonds. The first-order valence-electron chi connectivity index (χ1n) is 13.5. The highest BCUT2D eigenvalue weighted by atomic mass is 35.5. The standard InChI is InChI=1S/C29H23ClN8O5S3/c30-24-19(34-29(31)46-24)20(36-42)25(39)33-21-26(40)38-22(18(14-45-27(21)38)44-12-11-17-13-32-37-35-17)28(41)43-23(15-7-3-1-4-8-15)16-9-5-2-6-10-16/h1-13,21,23,27,42H,14H2,(H2,31,34)(H,33,39)(H,32,35,37)/b12-11+,36-20-/t21-,27-/m1/s1. The average Bonchev–Trinajstić information content (AvgIpc) is 3.71. The molecule has 1 fully saturated rings. The summed E-state index contributed by atoms with van der Waals surface area (Å²) in [6, 6.07) is 17.5. The number of aromatic nitrogens is 4. The number of nitrogens with one attached hydrogen (secondary N) is 2. The van der Waals surface area contributed by atoms with Gasteiger partial charge in [0.1, 0.15) is 32.8 Å². The van der Waals surface area contributed by atoms with Crippen LogP contribution in [0.15, 0.2) is 88.0 Å². The predicted octanol–water partition coefficient (Wildman–Crippen LogP) is 4.02. The number of thiazole rings is 1. The van der Waals surface area contributed by atoms with Gasteiger partial charge in [-0.2, -0.15) is 15.4 Å². The van der Waals surface area contributed by atoms with Crippen molar-refractivity contribution < 1.29 is 24.3 Å². The highest BCUT2D eigenvalue weighted by Gasteiger charge is 2.55. The molecular weight excluding hydrogens is 672 g/mol. The van der Waals surface area contributed by atoms with Crippen LogP contribution < -0.4 is 11.1 Å². The van der Waals surface area contributed by atoms with Crippen LogP contribution in [-0.4, -0.2) is 71.2 Å². The maximum Gasteiger partial charge on any atom is 0.356 e. The largest absolute Gasteiger partial charge is 0.448 e. The number of oxime groups is 1. The molecule has 1 saturated heterocycles. The summed E-state index contributed by atoms with van der Waals surface area (Å²) in [5, 5.41) is 26.7. The number of anilines is 1. The number of hydrogen-bond donors (Lipinski definition) is 4. The van der Waals surface area contributed by atoms with Gasteiger partial charge in [0.05, 0.1) is 6.20 Å². The topological polar surface area (TPSA) is 189 Å². The Morgan fingerprint density at radius 1 is 1.20 bits per heavy atom. The zero-order chi connectivity index (χ0) is 32.2. The van der Waals surface area contributed by atoms with Crippen LogP contribution in [0.5, 0.6) is 0 Å². The average molecular weight is 695 g/mol. The quantitative estimate of drug-likeness (QED) is 0.0617. The molecule has 5 N–H and O–H groups in total. The predicted molar refractivity (Wildman–Crippen MR) is 176 cm³/mol. The molecule has 2 aromatic heterocycles. The van der Waals surface area contributed by atoms with Gasteiger partial charge in [-0.1, -0.05) is 101 Å². The lowest BCUT2D eigenvalue weighted by molar-refractivity contribution is -0.154. The van der Waals surface area contributed by atoms with E-state index in [1.807, 2.05) is 60.7 Å². The molecular formula is C29H23ClN8O5S3. The van der Waals surface area contributed by atoms with Gasteiger partial charge in [-0.15, -0.1) is 11.8 Å². The molecule has 0 aliphatic carbocycles. The Balaban J connectivity index is 1.28. The molecule has 0 bridgehead atoms. The smallest absolute Gasteiger partial charge is 0.356 e. The Labute approximate surface area is 278 Å². The number of ether oxygens (including phenoxy) is 1. The minimum atomic E-state index is -1.04. The van der Waals surface area contributed by atoms with Gasteiger partial charge in [0.2, 0.25) is 0 Å². The van der Waals surface area contributed by atoms with Crippen LogP contribution in [-0.2, 0) is 19.1 Å². The van der Waals surface area contributed by atoms with Crippen molar-refractivity contribution in [1.29, 1.82) is 0 Å². The van der Waals surface area contributed by atoms with Crippen molar-refractivity contribution in [2.45, 2.75) is 17.5 Å². The monoisotopic (exact) mass is 694 g/mol. The first-order valence-corrected chi connectivity index (χ1v) is 16.6. The molecule has 0 saturated carbocycles. The van der Waals surface area contributed by atoms with E-state index in [1.54, 1.807) is 17.7 Å². The van der Waals surface area contributed by atoms with Crippen molar-refractivity contribution in [2.24, 2.45) is 5.16 Å². The van der Waals surface area contributed by atoms with Crippen LogP contribution in [0.4, 0.5) is 5.13 Å². The summed E-state index contributed by atoms with van der Waals surface area (Å²) in [4.78, 5) is 46.7. The Morgan fingerprint density at radius 3 is 2.48 bits per heavy atom. The molecule has 2 aliphatic rings. The molecule has 4 heterocycles. The number of nitrogens with zero attached hydrogens (tertiary/aromatic N) is 5. The fourth-order valence-corrected chi connectivity index (χ4v) is 8.03. The third kappa shape index (κ3) is 6.37. The fraction of sp³-hybridized carbons (Fsp3) is 0.138. The molecule has 13 nitrogen and oxygen atoms in total. The molecule has 2 aromatic carbocycles. The Morgan fingerprint density at radius 2 is 1.89 bits per heavy atom. The van der Waals surface area contributed by atoms with Gasteiger partial charge in [0, 0.05) is 10.7 Å². The summed E-state index contributed by atoms with van der Waals surface area (Å²) >= 11 is 9.61. The molecule has 234 valence electrons. The van der Waals surface area contributed by atoms with Crippen molar-refractivity contribution >= 4 is 81.2 Å². The summed E-state index contributed by atoms with van der Waals surface area (Å²) in [5.41, 5.74) is 7.22. The first-order chi connectivity index (χ1) is 22.4. The van der Waals surface area contributed by atoms with E-state index < -0.39 is 41.0 Å². The van der Waals surface area contributed by atoms with E-state index in [1.165, 1.54) is 28.4 Å². The van der Waals surface area contributed by atoms with Gasteiger partial charge >= 0.3 is 5.97 Å². The molecule has 46 heavy (non-hydrogen) atoms. The number of aromatic amines is 1. The maximum absolute atomic E-state index is 14.1. The lowest BCUT2D eigenvalue weighted by Gasteiger charge is -2.49. The third-order valence-corrected chi connectivity index (χ3v) is 10.3. The minimum absolute atomic E-state index is 0.0498.